The second-order valence-corrected chi connectivity index (χ2v) is 5.17. The van der Waals surface area contributed by atoms with Gasteiger partial charge < -0.3 is 10.6 Å². The summed E-state index contributed by atoms with van der Waals surface area (Å²) < 4.78 is 0. The van der Waals surface area contributed by atoms with E-state index in [9.17, 15) is 14.9 Å². The highest BCUT2D eigenvalue weighted by Gasteiger charge is 2.16. The Morgan fingerprint density at radius 3 is 2.62 bits per heavy atom. The predicted octanol–water partition coefficient (Wildman–Crippen LogP) is 2.58. The van der Waals surface area contributed by atoms with Crippen LogP contribution < -0.4 is 10.6 Å². The van der Waals surface area contributed by atoms with E-state index in [2.05, 4.69) is 10.6 Å². The minimum atomic E-state index is -0.613. The van der Waals surface area contributed by atoms with Crippen LogP contribution in [0.2, 0.25) is 0 Å². The fourth-order valence-corrected chi connectivity index (χ4v) is 2.13. The van der Waals surface area contributed by atoms with E-state index >= 15 is 0 Å². The number of nitrogens with one attached hydrogen (secondary N) is 2. The number of anilines is 1. The van der Waals surface area contributed by atoms with E-state index in [0.717, 1.165) is 5.56 Å². The Hall–Kier alpha value is -3.40. The van der Waals surface area contributed by atoms with Gasteiger partial charge in [-0.25, -0.2) is 0 Å². The van der Waals surface area contributed by atoms with Crippen LogP contribution in [0, 0.1) is 21.4 Å². The third-order valence-electron chi connectivity index (χ3n) is 3.40. The lowest BCUT2D eigenvalue weighted by molar-refractivity contribution is -0.385. The summed E-state index contributed by atoms with van der Waals surface area (Å²) in [6, 6.07) is 14.8. The third-order valence-corrected chi connectivity index (χ3v) is 3.40. The Morgan fingerprint density at radius 1 is 1.29 bits per heavy atom. The SMILES string of the molecule is CC(Nc1ccc([N+](=O)[O-])c(C#N)c1)C(=O)NCc1ccccc1. The standard InChI is InChI=1S/C17H16N4O3/c1-12(17(22)19-11-13-5-3-2-4-6-13)20-15-7-8-16(21(23)24)14(9-15)10-18/h2-9,12,20H,11H2,1H3,(H,19,22). The van der Waals surface area contributed by atoms with Crippen molar-refractivity contribution in [2.45, 2.75) is 19.5 Å². The molecule has 0 bridgehead atoms. The summed E-state index contributed by atoms with van der Waals surface area (Å²) in [4.78, 5) is 22.3. The zero-order valence-electron chi connectivity index (χ0n) is 13.0. The fourth-order valence-electron chi connectivity index (χ4n) is 2.13. The molecule has 24 heavy (non-hydrogen) atoms. The maximum Gasteiger partial charge on any atom is 0.287 e. The first kappa shape index (κ1) is 17.0. The zero-order chi connectivity index (χ0) is 17.5. The maximum atomic E-state index is 12.1. The molecule has 2 rings (SSSR count). The number of carbonyl (C=O) groups is 1. The number of amides is 1. The summed E-state index contributed by atoms with van der Waals surface area (Å²) >= 11 is 0. The molecule has 1 amide bonds. The first-order chi connectivity index (χ1) is 11.5. The van der Waals surface area contributed by atoms with Gasteiger partial charge in [0.15, 0.2) is 0 Å². The maximum absolute atomic E-state index is 12.1. The number of hydrogen-bond acceptors (Lipinski definition) is 5. The van der Waals surface area contributed by atoms with E-state index in [4.69, 9.17) is 5.26 Å². The van der Waals surface area contributed by atoms with Crippen LogP contribution >= 0.6 is 0 Å². The number of nitro benzene ring substituents is 1. The van der Waals surface area contributed by atoms with Gasteiger partial charge in [-0.05, 0) is 24.6 Å². The molecule has 2 aromatic carbocycles. The van der Waals surface area contributed by atoms with Crippen LogP contribution in [0.25, 0.3) is 0 Å². The van der Waals surface area contributed by atoms with Crippen LogP contribution in [0.4, 0.5) is 11.4 Å². The zero-order valence-corrected chi connectivity index (χ0v) is 13.0. The van der Waals surface area contributed by atoms with Gasteiger partial charge in [0.05, 0.1) is 4.92 Å². The Morgan fingerprint density at radius 2 is 2.00 bits per heavy atom. The van der Waals surface area contributed by atoms with Gasteiger partial charge in [-0.15, -0.1) is 0 Å². The molecule has 0 spiro atoms. The normalized spacial score (nSPS) is 11.2. The smallest absolute Gasteiger partial charge is 0.287 e. The lowest BCUT2D eigenvalue weighted by Gasteiger charge is -2.15. The topological polar surface area (TPSA) is 108 Å². The largest absolute Gasteiger partial charge is 0.374 e. The van der Waals surface area contributed by atoms with Crippen molar-refractivity contribution in [3.8, 4) is 6.07 Å². The van der Waals surface area contributed by atoms with E-state index < -0.39 is 11.0 Å². The third kappa shape index (κ3) is 4.30. The van der Waals surface area contributed by atoms with Crippen molar-refractivity contribution in [3.63, 3.8) is 0 Å². The average Bonchev–Trinajstić information content (AvgIpc) is 2.60. The highest BCUT2D eigenvalue weighted by atomic mass is 16.6. The molecule has 1 unspecified atom stereocenters. The molecule has 0 saturated carbocycles. The van der Waals surface area contributed by atoms with Crippen molar-refractivity contribution in [3.05, 3.63) is 69.8 Å². The number of nitrogens with zero attached hydrogens (tertiary/aromatic N) is 2. The van der Waals surface area contributed by atoms with Gasteiger partial charge in [0, 0.05) is 18.3 Å². The van der Waals surface area contributed by atoms with Gasteiger partial charge in [0.1, 0.15) is 17.7 Å². The minimum absolute atomic E-state index is 0.0538. The minimum Gasteiger partial charge on any atom is -0.374 e. The van der Waals surface area contributed by atoms with E-state index in [1.54, 1.807) is 13.0 Å². The average molecular weight is 324 g/mol. The Kier molecular flexibility index (Phi) is 5.47. The summed E-state index contributed by atoms with van der Waals surface area (Å²) in [6.45, 7) is 2.09. The monoisotopic (exact) mass is 324 g/mol. The number of hydrogen-bond donors (Lipinski definition) is 2. The van der Waals surface area contributed by atoms with E-state index in [0.29, 0.717) is 12.2 Å². The van der Waals surface area contributed by atoms with Crippen LogP contribution in [-0.2, 0) is 11.3 Å². The molecule has 1 atom stereocenters. The van der Waals surface area contributed by atoms with Crippen molar-refractivity contribution in [2.75, 3.05) is 5.32 Å². The van der Waals surface area contributed by atoms with Gasteiger partial charge in [0.2, 0.25) is 5.91 Å². The second kappa shape index (κ2) is 7.74. The highest BCUT2D eigenvalue weighted by Crippen LogP contribution is 2.22. The van der Waals surface area contributed by atoms with Crippen LogP contribution in [0.15, 0.2) is 48.5 Å². The molecule has 2 aromatic rings. The van der Waals surface area contributed by atoms with E-state index in [-0.39, 0.29) is 17.2 Å². The van der Waals surface area contributed by atoms with Crippen molar-refractivity contribution in [1.29, 1.82) is 5.26 Å². The summed E-state index contributed by atoms with van der Waals surface area (Å²) in [5.74, 6) is -0.212. The van der Waals surface area contributed by atoms with E-state index in [1.165, 1.54) is 18.2 Å². The molecule has 0 aliphatic heterocycles. The molecule has 0 fully saturated rings. The van der Waals surface area contributed by atoms with Gasteiger partial charge >= 0.3 is 0 Å². The molecular weight excluding hydrogens is 308 g/mol. The van der Waals surface area contributed by atoms with Crippen LogP contribution in [0.3, 0.4) is 0 Å². The number of nitriles is 1. The summed E-state index contributed by atoms with van der Waals surface area (Å²) in [6.07, 6.45) is 0. The molecule has 2 N–H and O–H groups in total. The van der Waals surface area contributed by atoms with E-state index in [1.807, 2.05) is 30.3 Å². The van der Waals surface area contributed by atoms with Crippen LogP contribution in [0.1, 0.15) is 18.1 Å². The molecular formula is C17H16N4O3. The summed E-state index contributed by atoms with van der Waals surface area (Å²) in [7, 11) is 0. The molecule has 0 aromatic heterocycles. The first-order valence-electron chi connectivity index (χ1n) is 7.28. The summed E-state index contributed by atoms with van der Waals surface area (Å²) in [5, 5.41) is 25.5. The number of benzene rings is 2. The molecule has 0 aliphatic carbocycles. The second-order valence-electron chi connectivity index (χ2n) is 5.17. The lowest BCUT2D eigenvalue weighted by atomic mass is 10.1. The Balaban J connectivity index is 1.98. The predicted molar refractivity (Wildman–Crippen MR) is 89.2 cm³/mol. The van der Waals surface area contributed by atoms with Gasteiger partial charge in [0.25, 0.3) is 5.69 Å². The molecule has 7 heteroatoms. The number of carbonyl (C=O) groups excluding carboxylic acids is 1. The van der Waals surface area contributed by atoms with Gasteiger partial charge in [-0.2, -0.15) is 5.26 Å². The first-order valence-corrected chi connectivity index (χ1v) is 7.28. The van der Waals surface area contributed by atoms with Crippen LogP contribution in [0.5, 0.6) is 0 Å². The molecule has 122 valence electrons. The van der Waals surface area contributed by atoms with Gasteiger partial charge in [-0.3, -0.25) is 14.9 Å². The lowest BCUT2D eigenvalue weighted by Crippen LogP contribution is -2.37. The quantitative estimate of drug-likeness (QED) is 0.627. The van der Waals surface area contributed by atoms with Gasteiger partial charge in [-0.1, -0.05) is 30.3 Å². The van der Waals surface area contributed by atoms with Crippen molar-refractivity contribution in [2.24, 2.45) is 0 Å². The van der Waals surface area contributed by atoms with Crippen molar-refractivity contribution >= 4 is 17.3 Å². The molecule has 0 heterocycles. The fraction of sp³-hybridized carbons (Fsp3) is 0.176. The number of rotatable bonds is 6. The van der Waals surface area contributed by atoms with Crippen LogP contribution in [-0.4, -0.2) is 16.9 Å². The highest BCUT2D eigenvalue weighted by molar-refractivity contribution is 5.84. The number of nitro groups is 1. The molecule has 0 saturated heterocycles. The molecule has 0 aliphatic rings. The Labute approximate surface area is 139 Å². The van der Waals surface area contributed by atoms with Crippen molar-refractivity contribution < 1.29 is 9.72 Å². The van der Waals surface area contributed by atoms with Crippen molar-refractivity contribution in [1.82, 2.24) is 5.32 Å². The molecule has 0 radical (unpaired) electrons. The molecule has 7 nitrogen and oxygen atoms in total. The Bertz CT molecular complexity index is 784. The summed E-state index contributed by atoms with van der Waals surface area (Å²) in [5.41, 5.74) is 1.14.